The molecule has 0 saturated carbocycles. The van der Waals surface area contributed by atoms with E-state index in [1.54, 1.807) is 23.0 Å². The van der Waals surface area contributed by atoms with Crippen LogP contribution in [0.1, 0.15) is 35.7 Å². The highest BCUT2D eigenvalue weighted by Gasteiger charge is 2.41. The van der Waals surface area contributed by atoms with Gasteiger partial charge in [0, 0.05) is 31.0 Å². The second kappa shape index (κ2) is 9.53. The molecule has 2 heterocycles. The van der Waals surface area contributed by atoms with Gasteiger partial charge in [0.2, 0.25) is 5.91 Å². The number of piperidine rings is 1. The van der Waals surface area contributed by atoms with Crippen LogP contribution in [0.25, 0.3) is 0 Å². The van der Waals surface area contributed by atoms with Gasteiger partial charge in [0.1, 0.15) is 5.54 Å². The van der Waals surface area contributed by atoms with Crippen LogP contribution in [-0.4, -0.2) is 41.2 Å². The summed E-state index contributed by atoms with van der Waals surface area (Å²) < 4.78 is 1.78. The van der Waals surface area contributed by atoms with Crippen LogP contribution in [0.3, 0.4) is 0 Å². The molecule has 146 valence electrons. The SMILES string of the molecule is CCNC(=O)c1ccc(CNC(=O)C2(n3cccn3)CCNCC2)cc1.Cl. The summed E-state index contributed by atoms with van der Waals surface area (Å²) in [5, 5.41) is 13.4. The zero-order valence-corrected chi connectivity index (χ0v) is 16.2. The third-order valence-corrected chi connectivity index (χ3v) is 4.80. The van der Waals surface area contributed by atoms with Crippen molar-refractivity contribution >= 4 is 24.2 Å². The standard InChI is InChI=1S/C19H25N5O2.ClH/c1-2-21-17(25)16-6-4-15(5-7-16)14-22-18(26)19(8-11-20-12-9-19)24-13-3-10-23-24;/h3-7,10,13,20H,2,8-9,11-12,14H2,1H3,(H,21,25)(H,22,26);1H. The molecule has 0 spiro atoms. The molecule has 1 saturated heterocycles. The second-order valence-corrected chi connectivity index (χ2v) is 6.47. The van der Waals surface area contributed by atoms with Crippen molar-refractivity contribution in [3.63, 3.8) is 0 Å². The fourth-order valence-electron chi connectivity index (χ4n) is 3.31. The van der Waals surface area contributed by atoms with E-state index >= 15 is 0 Å². The van der Waals surface area contributed by atoms with Crippen molar-refractivity contribution in [3.05, 3.63) is 53.9 Å². The van der Waals surface area contributed by atoms with E-state index in [-0.39, 0.29) is 24.2 Å². The molecule has 1 aliphatic rings. The van der Waals surface area contributed by atoms with Crippen molar-refractivity contribution in [1.82, 2.24) is 25.7 Å². The number of benzene rings is 1. The normalized spacial score (nSPS) is 15.4. The van der Waals surface area contributed by atoms with Crippen LogP contribution in [-0.2, 0) is 16.9 Å². The van der Waals surface area contributed by atoms with Gasteiger partial charge in [-0.3, -0.25) is 14.3 Å². The predicted molar refractivity (Wildman–Crippen MR) is 106 cm³/mol. The average molecular weight is 392 g/mol. The van der Waals surface area contributed by atoms with Gasteiger partial charge in [-0.1, -0.05) is 12.1 Å². The highest BCUT2D eigenvalue weighted by molar-refractivity contribution is 5.94. The van der Waals surface area contributed by atoms with Crippen LogP contribution in [0.4, 0.5) is 0 Å². The zero-order chi connectivity index (χ0) is 18.4. The average Bonchev–Trinajstić information content (AvgIpc) is 3.22. The highest BCUT2D eigenvalue weighted by atomic mass is 35.5. The largest absolute Gasteiger partial charge is 0.352 e. The maximum Gasteiger partial charge on any atom is 0.251 e. The van der Waals surface area contributed by atoms with E-state index in [0.717, 1.165) is 18.7 Å². The molecule has 3 N–H and O–H groups in total. The molecule has 27 heavy (non-hydrogen) atoms. The number of hydrogen-bond acceptors (Lipinski definition) is 4. The van der Waals surface area contributed by atoms with E-state index in [2.05, 4.69) is 21.0 Å². The first kappa shape index (κ1) is 20.9. The first-order valence-electron chi connectivity index (χ1n) is 9.02. The Morgan fingerprint density at radius 2 is 1.89 bits per heavy atom. The number of carbonyl (C=O) groups is 2. The van der Waals surface area contributed by atoms with Gasteiger partial charge in [0.15, 0.2) is 0 Å². The zero-order valence-electron chi connectivity index (χ0n) is 15.4. The summed E-state index contributed by atoms with van der Waals surface area (Å²) in [6.45, 7) is 4.48. The fraction of sp³-hybridized carbons (Fsp3) is 0.421. The van der Waals surface area contributed by atoms with Gasteiger partial charge in [-0.2, -0.15) is 5.10 Å². The number of amides is 2. The number of nitrogens with one attached hydrogen (secondary N) is 3. The highest BCUT2D eigenvalue weighted by Crippen LogP contribution is 2.27. The molecule has 2 aromatic rings. The Morgan fingerprint density at radius 3 is 2.48 bits per heavy atom. The van der Waals surface area contributed by atoms with Crippen LogP contribution >= 0.6 is 12.4 Å². The molecule has 7 nitrogen and oxygen atoms in total. The number of hydrogen-bond donors (Lipinski definition) is 3. The molecule has 1 aromatic carbocycles. The summed E-state index contributed by atoms with van der Waals surface area (Å²) in [5.74, 6) is -0.106. The van der Waals surface area contributed by atoms with Crippen LogP contribution < -0.4 is 16.0 Å². The summed E-state index contributed by atoms with van der Waals surface area (Å²) >= 11 is 0. The lowest BCUT2D eigenvalue weighted by Gasteiger charge is -2.36. The van der Waals surface area contributed by atoms with E-state index in [0.29, 0.717) is 31.5 Å². The van der Waals surface area contributed by atoms with E-state index in [1.165, 1.54) is 0 Å². The van der Waals surface area contributed by atoms with Crippen LogP contribution in [0, 0.1) is 0 Å². The first-order valence-corrected chi connectivity index (χ1v) is 9.02. The van der Waals surface area contributed by atoms with Crippen molar-refractivity contribution in [2.24, 2.45) is 0 Å². The number of halogens is 1. The van der Waals surface area contributed by atoms with Crippen LogP contribution in [0.2, 0.25) is 0 Å². The number of carbonyl (C=O) groups excluding carboxylic acids is 2. The summed E-state index contributed by atoms with van der Waals surface area (Å²) in [6, 6.07) is 9.14. The van der Waals surface area contributed by atoms with Crippen molar-refractivity contribution < 1.29 is 9.59 Å². The summed E-state index contributed by atoms with van der Waals surface area (Å²) in [6.07, 6.45) is 4.97. The molecule has 1 fully saturated rings. The third kappa shape index (κ3) is 4.67. The van der Waals surface area contributed by atoms with E-state index in [1.807, 2.05) is 31.3 Å². The molecular formula is C19H26ClN5O2. The molecule has 3 rings (SSSR count). The van der Waals surface area contributed by atoms with Gasteiger partial charge in [0.05, 0.1) is 0 Å². The molecule has 1 aliphatic heterocycles. The Bertz CT molecular complexity index is 740. The Labute approximate surface area is 165 Å². The van der Waals surface area contributed by atoms with Gasteiger partial charge in [-0.05, 0) is 56.6 Å². The lowest BCUT2D eigenvalue weighted by molar-refractivity contribution is -0.132. The minimum absolute atomic E-state index is 0. The maximum absolute atomic E-state index is 13.0. The quantitative estimate of drug-likeness (QED) is 0.695. The number of rotatable bonds is 6. The van der Waals surface area contributed by atoms with Gasteiger partial charge in [0.25, 0.3) is 5.91 Å². The van der Waals surface area contributed by atoms with Crippen molar-refractivity contribution in [3.8, 4) is 0 Å². The lowest BCUT2D eigenvalue weighted by atomic mass is 9.87. The van der Waals surface area contributed by atoms with Crippen LogP contribution in [0.15, 0.2) is 42.7 Å². The summed E-state index contributed by atoms with van der Waals surface area (Å²) in [5.41, 5.74) is 0.930. The molecule has 0 unspecified atom stereocenters. The topological polar surface area (TPSA) is 88.1 Å². The van der Waals surface area contributed by atoms with E-state index in [9.17, 15) is 9.59 Å². The lowest BCUT2D eigenvalue weighted by Crippen LogP contribution is -2.54. The molecule has 1 aromatic heterocycles. The molecule has 8 heteroatoms. The first-order chi connectivity index (χ1) is 12.7. The van der Waals surface area contributed by atoms with Crippen LogP contribution in [0.5, 0.6) is 0 Å². The molecule has 0 radical (unpaired) electrons. The van der Waals surface area contributed by atoms with E-state index < -0.39 is 5.54 Å². The second-order valence-electron chi connectivity index (χ2n) is 6.47. The van der Waals surface area contributed by atoms with Gasteiger partial charge < -0.3 is 16.0 Å². The minimum Gasteiger partial charge on any atom is -0.352 e. The predicted octanol–water partition coefficient (Wildman–Crippen LogP) is 1.45. The van der Waals surface area contributed by atoms with Crippen molar-refractivity contribution in [1.29, 1.82) is 0 Å². The van der Waals surface area contributed by atoms with Gasteiger partial charge >= 0.3 is 0 Å². The molecule has 0 bridgehead atoms. The van der Waals surface area contributed by atoms with Crippen molar-refractivity contribution in [2.75, 3.05) is 19.6 Å². The Kier molecular flexibility index (Phi) is 7.38. The number of nitrogens with zero attached hydrogens (tertiary/aromatic N) is 2. The van der Waals surface area contributed by atoms with E-state index in [4.69, 9.17) is 0 Å². The number of aromatic nitrogens is 2. The molecule has 0 atom stereocenters. The van der Waals surface area contributed by atoms with Gasteiger partial charge in [-0.15, -0.1) is 12.4 Å². The van der Waals surface area contributed by atoms with Crippen molar-refractivity contribution in [2.45, 2.75) is 31.8 Å². The molecular weight excluding hydrogens is 366 g/mol. The third-order valence-electron chi connectivity index (χ3n) is 4.80. The molecule has 0 aliphatic carbocycles. The van der Waals surface area contributed by atoms with Gasteiger partial charge in [-0.25, -0.2) is 0 Å². The minimum atomic E-state index is -0.643. The monoisotopic (exact) mass is 391 g/mol. The smallest absolute Gasteiger partial charge is 0.251 e. The summed E-state index contributed by atoms with van der Waals surface area (Å²) in [7, 11) is 0. The molecule has 2 amide bonds. The Balaban J connectivity index is 0.00000261. The maximum atomic E-state index is 13.0. The Hall–Kier alpha value is -2.38. The summed E-state index contributed by atoms with van der Waals surface area (Å²) in [4.78, 5) is 24.8. The Morgan fingerprint density at radius 1 is 1.19 bits per heavy atom. The fourth-order valence-corrected chi connectivity index (χ4v) is 3.31.